The molecule has 1 aliphatic heterocycles. The molecule has 2 unspecified atom stereocenters. The van der Waals surface area contributed by atoms with Crippen LogP contribution in [-0.2, 0) is 0 Å². The normalized spacial score (nSPS) is 22.7. The lowest BCUT2D eigenvalue weighted by Gasteiger charge is -2.34. The summed E-state index contributed by atoms with van der Waals surface area (Å²) in [5.41, 5.74) is 0.748. The first-order valence-electron chi connectivity index (χ1n) is 6.23. The van der Waals surface area contributed by atoms with E-state index in [4.69, 9.17) is 11.6 Å². The molecule has 1 aromatic rings. The van der Waals surface area contributed by atoms with Crippen LogP contribution in [0.3, 0.4) is 0 Å². The van der Waals surface area contributed by atoms with Gasteiger partial charge in [-0.2, -0.15) is 11.8 Å². The molecule has 0 aromatic heterocycles. The molecule has 1 aliphatic rings. The van der Waals surface area contributed by atoms with Crippen molar-refractivity contribution in [1.29, 1.82) is 0 Å². The predicted octanol–water partition coefficient (Wildman–Crippen LogP) is 3.35. The van der Waals surface area contributed by atoms with Crippen molar-refractivity contribution in [3.63, 3.8) is 0 Å². The van der Waals surface area contributed by atoms with Gasteiger partial charge in [-0.1, -0.05) is 18.5 Å². The van der Waals surface area contributed by atoms with E-state index in [0.717, 1.165) is 24.4 Å². The molecule has 1 aromatic carbocycles. The molecule has 0 spiro atoms. The highest BCUT2D eigenvalue weighted by atomic mass is 35.5. The molecular formula is C14H18ClNOS. The minimum absolute atomic E-state index is 0.0467. The summed E-state index contributed by atoms with van der Waals surface area (Å²) in [6.45, 7) is 6.20. The molecule has 2 rings (SSSR count). The number of benzene rings is 1. The number of hydrogen-bond acceptors (Lipinski definition) is 3. The number of carbonyl (C=O) groups excluding carboxylic acids is 1. The second-order valence-electron chi connectivity index (χ2n) is 4.72. The van der Waals surface area contributed by atoms with Crippen LogP contribution in [0.4, 0.5) is 0 Å². The number of rotatable bonds is 3. The number of Topliss-reactive ketones (excluding diaryl/α,β-unsaturated/α-hetero) is 1. The van der Waals surface area contributed by atoms with Crippen molar-refractivity contribution in [2.75, 3.05) is 18.8 Å². The predicted molar refractivity (Wildman–Crippen MR) is 78.7 cm³/mol. The van der Waals surface area contributed by atoms with Gasteiger partial charge in [0.05, 0.1) is 6.04 Å². The highest BCUT2D eigenvalue weighted by Gasteiger charge is 2.26. The van der Waals surface area contributed by atoms with E-state index >= 15 is 0 Å². The summed E-state index contributed by atoms with van der Waals surface area (Å²) in [5.74, 6) is 1.30. The third-order valence-electron chi connectivity index (χ3n) is 3.33. The molecule has 1 saturated heterocycles. The number of thioether (sulfide) groups is 1. The van der Waals surface area contributed by atoms with Gasteiger partial charge in [-0.15, -0.1) is 0 Å². The molecule has 0 amide bonds. The van der Waals surface area contributed by atoms with Gasteiger partial charge >= 0.3 is 0 Å². The van der Waals surface area contributed by atoms with Crippen LogP contribution in [0.5, 0.6) is 0 Å². The monoisotopic (exact) mass is 283 g/mol. The average molecular weight is 284 g/mol. The topological polar surface area (TPSA) is 20.3 Å². The summed E-state index contributed by atoms with van der Waals surface area (Å²) in [6.07, 6.45) is 0. The van der Waals surface area contributed by atoms with E-state index < -0.39 is 0 Å². The summed E-state index contributed by atoms with van der Waals surface area (Å²) in [6, 6.07) is 7.12. The van der Waals surface area contributed by atoms with Crippen LogP contribution in [0.25, 0.3) is 0 Å². The van der Waals surface area contributed by atoms with Gasteiger partial charge in [-0.3, -0.25) is 9.69 Å². The van der Waals surface area contributed by atoms with Crippen LogP contribution in [-0.4, -0.2) is 40.8 Å². The number of halogens is 1. The lowest BCUT2D eigenvalue weighted by molar-refractivity contribution is 0.0844. The summed E-state index contributed by atoms with van der Waals surface area (Å²) in [7, 11) is 0. The molecule has 2 nitrogen and oxygen atoms in total. The van der Waals surface area contributed by atoms with Crippen molar-refractivity contribution in [2.24, 2.45) is 0 Å². The fourth-order valence-electron chi connectivity index (χ4n) is 2.22. The molecule has 0 saturated carbocycles. The maximum atomic E-state index is 12.4. The molecule has 2 atom stereocenters. The Morgan fingerprint density at radius 3 is 2.72 bits per heavy atom. The van der Waals surface area contributed by atoms with E-state index in [1.54, 1.807) is 12.1 Å². The van der Waals surface area contributed by atoms with Crippen LogP contribution >= 0.6 is 23.4 Å². The van der Waals surface area contributed by atoms with Crippen molar-refractivity contribution in [3.05, 3.63) is 34.9 Å². The van der Waals surface area contributed by atoms with Gasteiger partial charge < -0.3 is 0 Å². The van der Waals surface area contributed by atoms with E-state index in [2.05, 4.69) is 11.8 Å². The second kappa shape index (κ2) is 6.09. The quantitative estimate of drug-likeness (QED) is 0.794. The largest absolute Gasteiger partial charge is 0.292 e. The Balaban J connectivity index is 2.06. The van der Waals surface area contributed by atoms with Crippen molar-refractivity contribution in [1.82, 2.24) is 4.90 Å². The van der Waals surface area contributed by atoms with Gasteiger partial charge in [0.25, 0.3) is 0 Å². The van der Waals surface area contributed by atoms with Gasteiger partial charge in [-0.05, 0) is 31.2 Å². The van der Waals surface area contributed by atoms with E-state index in [1.807, 2.05) is 30.8 Å². The van der Waals surface area contributed by atoms with E-state index in [1.165, 1.54) is 0 Å². The molecule has 0 aliphatic carbocycles. The third-order valence-corrected chi connectivity index (χ3v) is 4.72. The van der Waals surface area contributed by atoms with Gasteiger partial charge in [0.2, 0.25) is 0 Å². The minimum atomic E-state index is -0.0467. The molecule has 1 fully saturated rings. The van der Waals surface area contributed by atoms with Crippen LogP contribution < -0.4 is 0 Å². The Hall–Kier alpha value is -0.510. The third kappa shape index (κ3) is 3.28. The van der Waals surface area contributed by atoms with Crippen molar-refractivity contribution in [2.45, 2.75) is 25.1 Å². The Morgan fingerprint density at radius 2 is 2.11 bits per heavy atom. The fourth-order valence-corrected chi connectivity index (χ4v) is 3.38. The van der Waals surface area contributed by atoms with E-state index in [0.29, 0.717) is 10.3 Å². The van der Waals surface area contributed by atoms with Crippen molar-refractivity contribution >= 4 is 29.1 Å². The number of ketones is 1. The van der Waals surface area contributed by atoms with E-state index in [9.17, 15) is 4.79 Å². The molecule has 0 radical (unpaired) electrons. The molecule has 4 heteroatoms. The first-order chi connectivity index (χ1) is 8.58. The summed E-state index contributed by atoms with van der Waals surface area (Å²) < 4.78 is 0. The van der Waals surface area contributed by atoms with Gasteiger partial charge in [-0.25, -0.2) is 0 Å². The molecule has 98 valence electrons. The molecule has 0 bridgehead atoms. The number of carbonyl (C=O) groups is 1. The smallest absolute Gasteiger partial charge is 0.179 e. The first-order valence-corrected chi connectivity index (χ1v) is 7.66. The van der Waals surface area contributed by atoms with Crippen LogP contribution in [0, 0.1) is 0 Å². The van der Waals surface area contributed by atoms with Gasteiger partial charge in [0, 0.05) is 34.7 Å². The average Bonchev–Trinajstić information content (AvgIpc) is 2.38. The van der Waals surface area contributed by atoms with E-state index in [-0.39, 0.29) is 11.8 Å². The Morgan fingerprint density at radius 1 is 1.44 bits per heavy atom. The first kappa shape index (κ1) is 13.9. The highest BCUT2D eigenvalue weighted by molar-refractivity contribution is 7.99. The van der Waals surface area contributed by atoms with Crippen molar-refractivity contribution in [3.8, 4) is 0 Å². The maximum Gasteiger partial charge on any atom is 0.179 e. The van der Waals surface area contributed by atoms with Crippen LogP contribution in [0.1, 0.15) is 24.2 Å². The standard InChI is InChI=1S/C14H18ClNOS/c1-10-9-16(7-8-18-10)11(2)14(17)12-3-5-13(15)6-4-12/h3-6,10-11H,7-9H2,1-2H3. The lowest BCUT2D eigenvalue weighted by atomic mass is 10.0. The van der Waals surface area contributed by atoms with Gasteiger partial charge in [0.15, 0.2) is 5.78 Å². The minimum Gasteiger partial charge on any atom is -0.292 e. The summed E-state index contributed by atoms with van der Waals surface area (Å²) in [5, 5.41) is 1.28. The summed E-state index contributed by atoms with van der Waals surface area (Å²) in [4.78, 5) is 14.6. The number of nitrogens with zero attached hydrogens (tertiary/aromatic N) is 1. The Kier molecular flexibility index (Phi) is 4.71. The Bertz CT molecular complexity index is 420. The maximum absolute atomic E-state index is 12.4. The SMILES string of the molecule is CC1CN(C(C)C(=O)c2ccc(Cl)cc2)CCS1. The number of hydrogen-bond donors (Lipinski definition) is 0. The lowest BCUT2D eigenvalue weighted by Crippen LogP contribution is -2.46. The second-order valence-corrected chi connectivity index (χ2v) is 6.71. The molecule has 0 N–H and O–H groups in total. The molecule has 1 heterocycles. The molecule has 18 heavy (non-hydrogen) atoms. The zero-order chi connectivity index (χ0) is 13.1. The fraction of sp³-hybridized carbons (Fsp3) is 0.500. The van der Waals surface area contributed by atoms with Crippen LogP contribution in [0.2, 0.25) is 5.02 Å². The molecular weight excluding hydrogens is 266 g/mol. The van der Waals surface area contributed by atoms with Crippen molar-refractivity contribution < 1.29 is 4.79 Å². The summed E-state index contributed by atoms with van der Waals surface area (Å²) >= 11 is 7.82. The highest BCUT2D eigenvalue weighted by Crippen LogP contribution is 2.21. The van der Waals surface area contributed by atoms with Crippen LogP contribution in [0.15, 0.2) is 24.3 Å². The zero-order valence-electron chi connectivity index (χ0n) is 10.7. The Labute approximate surface area is 118 Å². The zero-order valence-corrected chi connectivity index (χ0v) is 12.3. The van der Waals surface area contributed by atoms with Gasteiger partial charge in [0.1, 0.15) is 0 Å².